The summed E-state index contributed by atoms with van der Waals surface area (Å²) in [5.41, 5.74) is 2.45. The summed E-state index contributed by atoms with van der Waals surface area (Å²) in [6.45, 7) is 0.140. The first-order valence-electron chi connectivity index (χ1n) is 5.81. The van der Waals surface area contributed by atoms with Crippen molar-refractivity contribution in [3.05, 3.63) is 48.0 Å². The van der Waals surface area contributed by atoms with Crippen LogP contribution in [0.25, 0.3) is 21.8 Å². The predicted molar refractivity (Wildman–Crippen MR) is 69.1 cm³/mol. The molecule has 1 aliphatic heterocycles. The fraction of sp³-hybridized carbons (Fsp3) is 0.0667. The second-order valence-corrected chi connectivity index (χ2v) is 4.40. The van der Waals surface area contributed by atoms with Crippen LogP contribution < -0.4 is 4.74 Å². The van der Waals surface area contributed by atoms with Crippen molar-refractivity contribution >= 4 is 27.6 Å². The Labute approximate surface area is 103 Å². The number of rotatable bonds is 0. The van der Waals surface area contributed by atoms with E-state index < -0.39 is 0 Å². The number of benzene rings is 2. The number of carbonyl (C=O) groups is 1. The summed E-state index contributed by atoms with van der Waals surface area (Å²) in [6, 6.07) is 13.6. The first kappa shape index (κ1) is 9.59. The van der Waals surface area contributed by atoms with E-state index in [-0.39, 0.29) is 12.4 Å². The minimum absolute atomic E-state index is 0.0349. The Morgan fingerprint density at radius 1 is 1.06 bits per heavy atom. The third kappa shape index (κ3) is 1.19. The average Bonchev–Trinajstić information content (AvgIpc) is 2.78. The number of ether oxygens (including phenoxy) is 1. The molecule has 0 unspecified atom stereocenters. The number of hydrogen-bond donors (Lipinski definition) is 0. The summed E-state index contributed by atoms with van der Waals surface area (Å²) in [6.07, 6.45) is 0. The van der Waals surface area contributed by atoms with Crippen LogP contribution in [0.3, 0.4) is 0 Å². The molecule has 1 aliphatic rings. The highest BCUT2D eigenvalue weighted by atomic mass is 16.5. The van der Waals surface area contributed by atoms with Gasteiger partial charge in [0, 0.05) is 10.8 Å². The zero-order chi connectivity index (χ0) is 12.1. The van der Waals surface area contributed by atoms with Crippen molar-refractivity contribution in [1.29, 1.82) is 0 Å². The van der Waals surface area contributed by atoms with Gasteiger partial charge in [0.25, 0.3) is 0 Å². The summed E-state index contributed by atoms with van der Waals surface area (Å²) in [5.74, 6) is 0.706. The lowest BCUT2D eigenvalue weighted by Gasteiger charge is -2.04. The highest BCUT2D eigenvalue weighted by molar-refractivity contribution is 6.13. The van der Waals surface area contributed by atoms with Gasteiger partial charge >= 0.3 is 0 Å². The van der Waals surface area contributed by atoms with Crippen LogP contribution in [0, 0.1) is 0 Å². The van der Waals surface area contributed by atoms with Crippen molar-refractivity contribution < 1.29 is 9.53 Å². The topological polar surface area (TPSA) is 39.2 Å². The number of pyridine rings is 1. The third-order valence-corrected chi connectivity index (χ3v) is 3.30. The molecular weight excluding hydrogens is 226 g/mol. The molecule has 3 heteroatoms. The van der Waals surface area contributed by atoms with Gasteiger partial charge in [0.15, 0.2) is 6.61 Å². The Balaban J connectivity index is 2.19. The number of carbonyl (C=O) groups excluding carboxylic acids is 1. The standard InChI is InChI=1S/C15H9NO2/c17-13-8-18-14-6-5-12-10(15(13)14)7-9-3-1-2-4-11(9)16-12/h1-7H,8H2. The van der Waals surface area contributed by atoms with Gasteiger partial charge in [0.05, 0.1) is 16.6 Å². The molecule has 3 nitrogen and oxygen atoms in total. The van der Waals surface area contributed by atoms with Crippen LogP contribution >= 0.6 is 0 Å². The SMILES string of the molecule is O=C1COc2ccc3nc4ccccc4cc3c21. The first-order valence-corrected chi connectivity index (χ1v) is 5.81. The molecule has 0 saturated carbocycles. The smallest absolute Gasteiger partial charge is 0.204 e. The molecule has 0 N–H and O–H groups in total. The van der Waals surface area contributed by atoms with Gasteiger partial charge in [-0.3, -0.25) is 4.79 Å². The lowest BCUT2D eigenvalue weighted by atomic mass is 10.0. The molecule has 0 spiro atoms. The quantitative estimate of drug-likeness (QED) is 0.562. The van der Waals surface area contributed by atoms with Crippen molar-refractivity contribution in [2.24, 2.45) is 0 Å². The van der Waals surface area contributed by atoms with Gasteiger partial charge < -0.3 is 4.74 Å². The molecule has 86 valence electrons. The second-order valence-electron chi connectivity index (χ2n) is 4.40. The van der Waals surface area contributed by atoms with Gasteiger partial charge in [-0.15, -0.1) is 0 Å². The lowest BCUT2D eigenvalue weighted by Crippen LogP contribution is -1.99. The van der Waals surface area contributed by atoms with Gasteiger partial charge in [0.1, 0.15) is 5.75 Å². The number of hydrogen-bond acceptors (Lipinski definition) is 3. The Hall–Kier alpha value is -2.42. The zero-order valence-electron chi connectivity index (χ0n) is 9.51. The van der Waals surface area contributed by atoms with Gasteiger partial charge in [-0.1, -0.05) is 18.2 Å². The van der Waals surface area contributed by atoms with E-state index in [0.29, 0.717) is 11.3 Å². The van der Waals surface area contributed by atoms with Crippen molar-refractivity contribution in [3.63, 3.8) is 0 Å². The van der Waals surface area contributed by atoms with Gasteiger partial charge in [-0.25, -0.2) is 4.98 Å². The highest BCUT2D eigenvalue weighted by Crippen LogP contribution is 2.33. The van der Waals surface area contributed by atoms with E-state index in [0.717, 1.165) is 21.8 Å². The molecule has 0 atom stereocenters. The summed E-state index contributed by atoms with van der Waals surface area (Å²) in [4.78, 5) is 16.4. The lowest BCUT2D eigenvalue weighted by molar-refractivity contribution is 0.0962. The van der Waals surface area contributed by atoms with Crippen LogP contribution in [0.1, 0.15) is 10.4 Å². The van der Waals surface area contributed by atoms with Crippen molar-refractivity contribution in [2.75, 3.05) is 6.61 Å². The predicted octanol–water partition coefficient (Wildman–Crippen LogP) is 2.96. The van der Waals surface area contributed by atoms with E-state index >= 15 is 0 Å². The number of nitrogens with zero attached hydrogens (tertiary/aromatic N) is 1. The molecule has 0 amide bonds. The largest absolute Gasteiger partial charge is 0.485 e. The Morgan fingerprint density at radius 2 is 1.94 bits per heavy atom. The average molecular weight is 235 g/mol. The molecule has 1 aromatic heterocycles. The van der Waals surface area contributed by atoms with E-state index in [4.69, 9.17) is 4.74 Å². The summed E-state index contributed by atoms with van der Waals surface area (Å²) in [5, 5.41) is 1.92. The van der Waals surface area contributed by atoms with Crippen LogP contribution in [0.5, 0.6) is 5.75 Å². The number of aromatic nitrogens is 1. The van der Waals surface area contributed by atoms with Gasteiger partial charge in [-0.05, 0) is 24.3 Å². The molecule has 2 aromatic carbocycles. The molecule has 3 aromatic rings. The van der Waals surface area contributed by atoms with Gasteiger partial charge in [-0.2, -0.15) is 0 Å². The number of ketones is 1. The second kappa shape index (κ2) is 3.29. The van der Waals surface area contributed by atoms with E-state index in [1.165, 1.54) is 0 Å². The maximum atomic E-state index is 11.9. The molecule has 0 saturated heterocycles. The Bertz CT molecular complexity index is 808. The van der Waals surface area contributed by atoms with Crippen molar-refractivity contribution in [2.45, 2.75) is 0 Å². The van der Waals surface area contributed by atoms with Crippen LogP contribution in [-0.4, -0.2) is 17.4 Å². The molecule has 18 heavy (non-hydrogen) atoms. The summed E-state index contributed by atoms with van der Waals surface area (Å²) < 4.78 is 5.35. The van der Waals surface area contributed by atoms with E-state index in [1.54, 1.807) is 0 Å². The molecule has 0 fully saturated rings. The molecule has 4 rings (SSSR count). The summed E-state index contributed by atoms with van der Waals surface area (Å²) in [7, 11) is 0. The Morgan fingerprint density at radius 3 is 2.89 bits per heavy atom. The molecular formula is C15H9NO2. The molecule has 0 bridgehead atoms. The van der Waals surface area contributed by atoms with Crippen LogP contribution in [0.2, 0.25) is 0 Å². The summed E-state index contributed by atoms with van der Waals surface area (Å²) >= 11 is 0. The fourth-order valence-electron chi connectivity index (χ4n) is 2.45. The van der Waals surface area contributed by atoms with Crippen molar-refractivity contribution in [1.82, 2.24) is 4.98 Å². The van der Waals surface area contributed by atoms with Crippen LogP contribution in [0.15, 0.2) is 42.5 Å². The minimum atomic E-state index is 0.0349. The van der Waals surface area contributed by atoms with E-state index in [2.05, 4.69) is 4.98 Å². The number of fused-ring (bicyclic) bond motifs is 4. The maximum absolute atomic E-state index is 11.9. The van der Waals surface area contributed by atoms with Gasteiger partial charge in [0.2, 0.25) is 5.78 Å². The molecule has 0 radical (unpaired) electrons. The minimum Gasteiger partial charge on any atom is -0.485 e. The van der Waals surface area contributed by atoms with E-state index in [9.17, 15) is 4.79 Å². The monoisotopic (exact) mass is 235 g/mol. The normalized spacial score (nSPS) is 13.9. The number of para-hydroxylation sites is 1. The Kier molecular flexibility index (Phi) is 1.75. The van der Waals surface area contributed by atoms with Crippen molar-refractivity contribution in [3.8, 4) is 5.75 Å². The first-order chi connectivity index (χ1) is 8.83. The third-order valence-electron chi connectivity index (χ3n) is 3.30. The fourth-order valence-corrected chi connectivity index (χ4v) is 2.45. The zero-order valence-corrected chi connectivity index (χ0v) is 9.51. The van der Waals surface area contributed by atoms with E-state index in [1.807, 2.05) is 42.5 Å². The maximum Gasteiger partial charge on any atom is 0.204 e. The van der Waals surface area contributed by atoms with Crippen LogP contribution in [0.4, 0.5) is 0 Å². The molecule has 0 aliphatic carbocycles. The number of Topliss-reactive ketones (excluding diaryl/α,β-unsaturated/α-hetero) is 1. The van der Waals surface area contributed by atoms with Crippen LogP contribution in [-0.2, 0) is 0 Å². The highest BCUT2D eigenvalue weighted by Gasteiger charge is 2.24. The molecule has 2 heterocycles.